The van der Waals surface area contributed by atoms with E-state index in [0.29, 0.717) is 6.54 Å². The largest absolute Gasteiger partial charge is 0.394 e. The van der Waals surface area contributed by atoms with Crippen molar-refractivity contribution < 1.29 is 10.2 Å². The number of hydrogen-bond acceptors (Lipinski definition) is 3. The van der Waals surface area contributed by atoms with E-state index in [1.807, 2.05) is 0 Å². The summed E-state index contributed by atoms with van der Waals surface area (Å²) in [5, 5.41) is 23.0. The maximum Gasteiger partial charge on any atom is 0.0771 e. The summed E-state index contributed by atoms with van der Waals surface area (Å²) in [5.41, 5.74) is -0.719. The molecule has 1 rings (SSSR count). The van der Waals surface area contributed by atoms with Crippen molar-refractivity contribution in [2.75, 3.05) is 13.2 Å². The van der Waals surface area contributed by atoms with Crippen molar-refractivity contribution in [3.8, 4) is 0 Å². The Balaban J connectivity index is 2.45. The molecule has 0 amide bonds. The molecular weight excluding hydrogens is 190 g/mol. The van der Waals surface area contributed by atoms with E-state index in [1.54, 1.807) is 0 Å². The molecule has 0 bridgehead atoms. The molecule has 3 heteroatoms. The molecule has 0 atom stereocenters. The Bertz CT molecular complexity index is 176. The van der Waals surface area contributed by atoms with Gasteiger partial charge < -0.3 is 15.5 Å². The third-order valence-electron chi connectivity index (χ3n) is 3.98. The third-order valence-corrected chi connectivity index (χ3v) is 3.98. The molecule has 0 aromatic carbocycles. The van der Waals surface area contributed by atoms with Gasteiger partial charge in [-0.1, -0.05) is 26.7 Å². The lowest BCUT2D eigenvalue weighted by Gasteiger charge is -2.35. The molecule has 0 unspecified atom stereocenters. The van der Waals surface area contributed by atoms with E-state index in [0.717, 1.165) is 38.5 Å². The molecule has 0 spiro atoms. The normalized spacial score (nSPS) is 20.8. The Hall–Kier alpha value is -0.120. The van der Waals surface area contributed by atoms with E-state index >= 15 is 0 Å². The SMILES string of the molecule is CCC(CC)(CO)NCC1(O)CCCC1. The summed E-state index contributed by atoms with van der Waals surface area (Å²) in [6.07, 6.45) is 5.85. The number of aliphatic hydroxyl groups excluding tert-OH is 1. The lowest BCUT2D eigenvalue weighted by atomic mass is 9.92. The second kappa shape index (κ2) is 5.28. The molecule has 0 aliphatic heterocycles. The standard InChI is InChI=1S/C12H25NO2/c1-3-11(4-2,10-14)13-9-12(15)7-5-6-8-12/h13-15H,3-10H2,1-2H3. The quantitative estimate of drug-likeness (QED) is 0.628. The van der Waals surface area contributed by atoms with Gasteiger partial charge in [0.1, 0.15) is 0 Å². The van der Waals surface area contributed by atoms with Crippen LogP contribution in [0.15, 0.2) is 0 Å². The van der Waals surface area contributed by atoms with Crippen molar-refractivity contribution in [1.82, 2.24) is 5.32 Å². The summed E-state index contributed by atoms with van der Waals surface area (Å²) in [6.45, 7) is 4.92. The van der Waals surface area contributed by atoms with Gasteiger partial charge in [0, 0.05) is 12.1 Å². The lowest BCUT2D eigenvalue weighted by Crippen LogP contribution is -2.53. The zero-order valence-corrected chi connectivity index (χ0v) is 10.1. The van der Waals surface area contributed by atoms with Crippen molar-refractivity contribution in [2.45, 2.75) is 63.5 Å². The first kappa shape index (κ1) is 12.9. The highest BCUT2D eigenvalue weighted by Gasteiger charge is 2.34. The van der Waals surface area contributed by atoms with E-state index in [9.17, 15) is 10.2 Å². The second-order valence-corrected chi connectivity index (χ2v) is 4.93. The van der Waals surface area contributed by atoms with Crippen LogP contribution < -0.4 is 5.32 Å². The predicted molar refractivity (Wildman–Crippen MR) is 61.8 cm³/mol. The van der Waals surface area contributed by atoms with Crippen LogP contribution in [0.4, 0.5) is 0 Å². The Morgan fingerprint density at radius 3 is 2.13 bits per heavy atom. The average molecular weight is 215 g/mol. The fourth-order valence-corrected chi connectivity index (χ4v) is 2.34. The molecular formula is C12H25NO2. The van der Waals surface area contributed by atoms with Crippen LogP contribution in [-0.2, 0) is 0 Å². The molecule has 1 fully saturated rings. The highest BCUT2D eigenvalue weighted by molar-refractivity contribution is 4.92. The summed E-state index contributed by atoms with van der Waals surface area (Å²) in [5.74, 6) is 0. The number of nitrogens with one attached hydrogen (secondary N) is 1. The third kappa shape index (κ3) is 3.16. The van der Waals surface area contributed by atoms with Gasteiger partial charge in [0.05, 0.1) is 12.2 Å². The number of rotatable bonds is 6. The van der Waals surface area contributed by atoms with Crippen LogP contribution in [0.1, 0.15) is 52.4 Å². The molecule has 90 valence electrons. The van der Waals surface area contributed by atoms with Crippen molar-refractivity contribution >= 4 is 0 Å². The molecule has 0 radical (unpaired) electrons. The molecule has 0 aromatic rings. The van der Waals surface area contributed by atoms with Crippen LogP contribution >= 0.6 is 0 Å². The first-order chi connectivity index (χ1) is 7.10. The van der Waals surface area contributed by atoms with Gasteiger partial charge in [0.25, 0.3) is 0 Å². The zero-order chi connectivity index (χ0) is 11.4. The molecule has 3 nitrogen and oxygen atoms in total. The molecule has 1 saturated carbocycles. The number of aliphatic hydroxyl groups is 2. The Kier molecular flexibility index (Phi) is 4.56. The van der Waals surface area contributed by atoms with Crippen LogP contribution in [0.25, 0.3) is 0 Å². The van der Waals surface area contributed by atoms with Gasteiger partial charge >= 0.3 is 0 Å². The van der Waals surface area contributed by atoms with Crippen LogP contribution in [-0.4, -0.2) is 34.5 Å². The van der Waals surface area contributed by atoms with Crippen molar-refractivity contribution in [2.24, 2.45) is 0 Å². The van der Waals surface area contributed by atoms with Gasteiger partial charge in [0.2, 0.25) is 0 Å². The van der Waals surface area contributed by atoms with E-state index < -0.39 is 5.60 Å². The molecule has 1 aliphatic carbocycles. The average Bonchev–Trinajstić information content (AvgIpc) is 2.69. The minimum atomic E-state index is -0.523. The van der Waals surface area contributed by atoms with E-state index in [1.165, 1.54) is 0 Å². The minimum absolute atomic E-state index is 0.149. The van der Waals surface area contributed by atoms with Crippen molar-refractivity contribution in [3.63, 3.8) is 0 Å². The highest BCUT2D eigenvalue weighted by Crippen LogP contribution is 2.29. The fraction of sp³-hybridized carbons (Fsp3) is 1.00. The van der Waals surface area contributed by atoms with Gasteiger partial charge in [-0.25, -0.2) is 0 Å². The Morgan fingerprint density at radius 1 is 1.20 bits per heavy atom. The summed E-state index contributed by atoms with van der Waals surface area (Å²) in [6, 6.07) is 0. The van der Waals surface area contributed by atoms with Crippen molar-refractivity contribution in [1.29, 1.82) is 0 Å². The Labute approximate surface area is 92.9 Å². The molecule has 0 aromatic heterocycles. The molecule has 3 N–H and O–H groups in total. The molecule has 0 heterocycles. The first-order valence-corrected chi connectivity index (χ1v) is 6.18. The van der Waals surface area contributed by atoms with E-state index in [-0.39, 0.29) is 12.1 Å². The monoisotopic (exact) mass is 215 g/mol. The predicted octanol–water partition coefficient (Wildman–Crippen LogP) is 1.43. The molecule has 15 heavy (non-hydrogen) atoms. The summed E-state index contributed by atoms with van der Waals surface area (Å²) < 4.78 is 0. The minimum Gasteiger partial charge on any atom is -0.394 e. The maximum atomic E-state index is 10.2. The Morgan fingerprint density at radius 2 is 1.73 bits per heavy atom. The smallest absolute Gasteiger partial charge is 0.0771 e. The lowest BCUT2D eigenvalue weighted by molar-refractivity contribution is 0.0300. The van der Waals surface area contributed by atoms with Gasteiger partial charge in [-0.15, -0.1) is 0 Å². The van der Waals surface area contributed by atoms with Gasteiger partial charge in [-0.3, -0.25) is 0 Å². The summed E-state index contributed by atoms with van der Waals surface area (Å²) in [7, 11) is 0. The van der Waals surface area contributed by atoms with Crippen LogP contribution in [0.5, 0.6) is 0 Å². The highest BCUT2D eigenvalue weighted by atomic mass is 16.3. The topological polar surface area (TPSA) is 52.5 Å². The molecule has 1 aliphatic rings. The van der Waals surface area contributed by atoms with E-state index in [2.05, 4.69) is 19.2 Å². The van der Waals surface area contributed by atoms with Crippen LogP contribution in [0.2, 0.25) is 0 Å². The summed E-state index contributed by atoms with van der Waals surface area (Å²) in [4.78, 5) is 0. The zero-order valence-electron chi connectivity index (χ0n) is 10.1. The second-order valence-electron chi connectivity index (χ2n) is 4.93. The first-order valence-electron chi connectivity index (χ1n) is 6.18. The van der Waals surface area contributed by atoms with Gasteiger partial charge in [0.15, 0.2) is 0 Å². The van der Waals surface area contributed by atoms with Crippen molar-refractivity contribution in [3.05, 3.63) is 0 Å². The van der Waals surface area contributed by atoms with Crippen LogP contribution in [0, 0.1) is 0 Å². The fourth-order valence-electron chi connectivity index (χ4n) is 2.34. The number of β-amino-alcohol motifs (C(OH)–C–C–N with tert-alkyl or cyclic N) is 1. The van der Waals surface area contributed by atoms with Gasteiger partial charge in [-0.2, -0.15) is 0 Å². The summed E-state index contributed by atoms with van der Waals surface area (Å²) >= 11 is 0. The molecule has 0 saturated heterocycles. The maximum absolute atomic E-state index is 10.2. The van der Waals surface area contributed by atoms with Crippen LogP contribution in [0.3, 0.4) is 0 Å². The van der Waals surface area contributed by atoms with E-state index in [4.69, 9.17) is 0 Å². The number of hydrogen-bond donors (Lipinski definition) is 3. The van der Waals surface area contributed by atoms with Gasteiger partial charge in [-0.05, 0) is 25.7 Å².